The summed E-state index contributed by atoms with van der Waals surface area (Å²) in [6.07, 6.45) is -1.47. The second-order valence-corrected chi connectivity index (χ2v) is 7.16. The van der Waals surface area contributed by atoms with Gasteiger partial charge in [-0.3, -0.25) is 14.4 Å². The highest BCUT2D eigenvalue weighted by Gasteiger charge is 2.40. The number of amides is 1. The lowest BCUT2D eigenvalue weighted by atomic mass is 10.2. The number of aromatic hydroxyl groups is 1. The molecule has 0 fully saturated rings. The summed E-state index contributed by atoms with van der Waals surface area (Å²) in [4.78, 5) is 48.1. The molecular weight excluding hydrogens is 471 g/mol. The van der Waals surface area contributed by atoms with E-state index in [0.29, 0.717) is 10.6 Å². The van der Waals surface area contributed by atoms with Crippen molar-refractivity contribution in [1.82, 2.24) is 14.3 Å². The number of aromatic nitrogens is 2. The number of carbonyl (C=O) groups excluding carboxylic acids is 2. The van der Waals surface area contributed by atoms with Crippen LogP contribution >= 0.6 is 11.6 Å². The largest absolute Gasteiger partial charge is 0.503 e. The molecule has 13 heteroatoms. The molecule has 2 N–H and O–H groups in total. The van der Waals surface area contributed by atoms with E-state index in [1.165, 1.54) is 17.0 Å². The third-order valence-electron chi connectivity index (χ3n) is 4.42. The molecule has 0 aliphatic heterocycles. The number of hydrogen-bond acceptors (Lipinski definition) is 6. The average Bonchev–Trinajstić information content (AvgIpc) is 2.74. The molecule has 0 unspecified atom stereocenters. The molecule has 9 nitrogen and oxygen atoms in total. The quantitative estimate of drug-likeness (QED) is 0.405. The van der Waals surface area contributed by atoms with Crippen molar-refractivity contribution in [3.05, 3.63) is 79.6 Å². The lowest BCUT2D eigenvalue weighted by Gasteiger charge is -2.12. The van der Waals surface area contributed by atoms with Gasteiger partial charge in [0, 0.05) is 23.6 Å². The van der Waals surface area contributed by atoms with Gasteiger partial charge in [-0.05, 0) is 17.7 Å². The van der Waals surface area contributed by atoms with Crippen LogP contribution in [-0.2, 0) is 16.1 Å². The lowest BCUT2D eigenvalue weighted by Crippen LogP contribution is -2.34. The van der Waals surface area contributed by atoms with E-state index in [-0.39, 0.29) is 12.1 Å². The van der Waals surface area contributed by atoms with Crippen molar-refractivity contribution < 1.29 is 32.6 Å². The fraction of sp³-hybridized carbons (Fsp3) is 0.200. The van der Waals surface area contributed by atoms with Gasteiger partial charge in [-0.15, -0.1) is 0 Å². The molecule has 0 aliphatic rings. The summed E-state index contributed by atoms with van der Waals surface area (Å²) in [5.41, 5.74) is -2.12. The molecule has 0 atom stereocenters. The molecule has 2 aromatic heterocycles. The number of halogens is 4. The number of carbonyl (C=O) groups is 2. The van der Waals surface area contributed by atoms with Crippen LogP contribution in [0.1, 0.15) is 15.9 Å². The lowest BCUT2D eigenvalue weighted by molar-refractivity contribution is -0.199. The number of alkyl halides is 3. The van der Waals surface area contributed by atoms with Crippen LogP contribution in [0.3, 0.4) is 0 Å². The minimum Gasteiger partial charge on any atom is -0.503 e. The van der Waals surface area contributed by atoms with Gasteiger partial charge in [-0.1, -0.05) is 23.7 Å². The predicted molar refractivity (Wildman–Crippen MR) is 109 cm³/mol. The maximum absolute atomic E-state index is 12.8. The standard InChI is InChI=1S/C20H15ClF3N3O6/c21-12-3-1-2-11(8-12)9-27-6-5-26-10-13(15(28)16(29)14(26)18(27)31)17(30)25-4-7-33-19(32)20(22,23)24/h1-3,5-6,8,10,29H,4,7,9H2,(H,25,30). The number of rotatable bonds is 6. The first-order chi connectivity index (χ1) is 15.5. The minimum atomic E-state index is -5.17. The fourth-order valence-electron chi connectivity index (χ4n) is 2.91. The zero-order valence-electron chi connectivity index (χ0n) is 16.6. The van der Waals surface area contributed by atoms with Crippen LogP contribution in [0, 0.1) is 0 Å². The van der Waals surface area contributed by atoms with E-state index in [0.717, 1.165) is 10.6 Å². The number of benzene rings is 1. The number of pyridine rings is 1. The highest BCUT2D eigenvalue weighted by Crippen LogP contribution is 2.16. The number of hydrogen-bond donors (Lipinski definition) is 2. The first kappa shape index (κ1) is 23.9. The Kier molecular flexibility index (Phi) is 6.77. The normalized spacial score (nSPS) is 11.4. The number of nitrogens with zero attached hydrogens (tertiary/aromatic N) is 2. The molecule has 0 saturated heterocycles. The Morgan fingerprint density at radius 3 is 2.58 bits per heavy atom. The average molecular weight is 486 g/mol. The third kappa shape index (κ3) is 5.34. The molecule has 0 bridgehead atoms. The van der Waals surface area contributed by atoms with E-state index < -0.39 is 53.5 Å². The fourth-order valence-corrected chi connectivity index (χ4v) is 3.12. The maximum Gasteiger partial charge on any atom is 0.490 e. The van der Waals surface area contributed by atoms with Crippen LogP contribution < -0.4 is 16.3 Å². The predicted octanol–water partition coefficient (Wildman–Crippen LogP) is 1.70. The van der Waals surface area contributed by atoms with E-state index in [2.05, 4.69) is 10.1 Å². The second-order valence-electron chi connectivity index (χ2n) is 6.73. The first-order valence-corrected chi connectivity index (χ1v) is 9.61. The van der Waals surface area contributed by atoms with Crippen molar-refractivity contribution in [2.45, 2.75) is 12.7 Å². The summed E-state index contributed by atoms with van der Waals surface area (Å²) >= 11 is 5.93. The Bertz CT molecular complexity index is 1350. The van der Waals surface area contributed by atoms with Crippen molar-refractivity contribution in [2.24, 2.45) is 0 Å². The number of ether oxygens (including phenoxy) is 1. The molecular formula is C20H15ClF3N3O6. The van der Waals surface area contributed by atoms with E-state index >= 15 is 0 Å². The smallest absolute Gasteiger partial charge is 0.490 e. The van der Waals surface area contributed by atoms with Crippen LogP contribution in [0.2, 0.25) is 5.02 Å². The zero-order valence-corrected chi connectivity index (χ0v) is 17.3. The molecule has 174 valence electrons. The molecule has 3 rings (SSSR count). The third-order valence-corrected chi connectivity index (χ3v) is 4.65. The van der Waals surface area contributed by atoms with E-state index in [4.69, 9.17) is 11.6 Å². The van der Waals surface area contributed by atoms with Gasteiger partial charge in [0.15, 0.2) is 11.3 Å². The molecule has 0 aliphatic carbocycles. The van der Waals surface area contributed by atoms with E-state index in [9.17, 15) is 37.5 Å². The van der Waals surface area contributed by atoms with Gasteiger partial charge >= 0.3 is 12.1 Å². The SMILES string of the molecule is O=C(NCCOC(=O)C(F)(F)F)c1cn2ccn(Cc3cccc(Cl)c3)c(=O)c2c(O)c1=O. The Balaban J connectivity index is 1.82. The van der Waals surface area contributed by atoms with Crippen LogP contribution in [-0.4, -0.2) is 45.3 Å². The summed E-state index contributed by atoms with van der Waals surface area (Å²) in [5.74, 6) is -4.44. The summed E-state index contributed by atoms with van der Waals surface area (Å²) in [6, 6.07) is 6.73. The molecule has 33 heavy (non-hydrogen) atoms. The topological polar surface area (TPSA) is 119 Å². The highest BCUT2D eigenvalue weighted by molar-refractivity contribution is 6.30. The number of esters is 1. The zero-order chi connectivity index (χ0) is 24.3. The highest BCUT2D eigenvalue weighted by atomic mass is 35.5. The maximum atomic E-state index is 12.8. The summed E-state index contributed by atoms with van der Waals surface area (Å²) < 4.78 is 42.5. The van der Waals surface area contributed by atoms with Gasteiger partial charge in [0.05, 0.1) is 13.1 Å². The van der Waals surface area contributed by atoms with Crippen LogP contribution in [0.4, 0.5) is 13.2 Å². The molecule has 0 radical (unpaired) electrons. The van der Waals surface area contributed by atoms with Crippen molar-refractivity contribution in [3.63, 3.8) is 0 Å². The van der Waals surface area contributed by atoms with Crippen molar-refractivity contribution in [1.29, 1.82) is 0 Å². The van der Waals surface area contributed by atoms with Gasteiger partial charge in [-0.2, -0.15) is 13.2 Å². The summed E-state index contributed by atoms with van der Waals surface area (Å²) in [6.45, 7) is -1.22. The van der Waals surface area contributed by atoms with Crippen molar-refractivity contribution in [3.8, 4) is 5.75 Å². The summed E-state index contributed by atoms with van der Waals surface area (Å²) in [7, 11) is 0. The monoisotopic (exact) mass is 485 g/mol. The minimum absolute atomic E-state index is 0.0996. The van der Waals surface area contributed by atoms with Gasteiger partial charge in [-0.25, -0.2) is 4.79 Å². The molecule has 2 heterocycles. The Hall–Kier alpha value is -3.80. The number of nitrogens with one attached hydrogen (secondary N) is 1. The summed E-state index contributed by atoms with van der Waals surface area (Å²) in [5, 5.41) is 12.9. The van der Waals surface area contributed by atoms with Gasteiger partial charge in [0.1, 0.15) is 12.2 Å². The molecule has 0 saturated carbocycles. The van der Waals surface area contributed by atoms with Gasteiger partial charge in [0.2, 0.25) is 5.43 Å². The van der Waals surface area contributed by atoms with Crippen LogP contribution in [0.5, 0.6) is 5.75 Å². The van der Waals surface area contributed by atoms with Crippen LogP contribution in [0.15, 0.2) is 52.4 Å². The van der Waals surface area contributed by atoms with Crippen molar-refractivity contribution >= 4 is 29.0 Å². The number of fused-ring (bicyclic) bond motifs is 1. The van der Waals surface area contributed by atoms with Gasteiger partial charge in [0.25, 0.3) is 11.5 Å². The molecule has 0 spiro atoms. The Morgan fingerprint density at radius 1 is 1.18 bits per heavy atom. The first-order valence-electron chi connectivity index (χ1n) is 9.23. The molecule has 1 aromatic carbocycles. The van der Waals surface area contributed by atoms with Gasteiger partial charge < -0.3 is 24.1 Å². The Labute approximate surface area is 187 Å². The second kappa shape index (κ2) is 9.36. The molecule has 1 amide bonds. The van der Waals surface area contributed by atoms with Crippen LogP contribution in [0.25, 0.3) is 5.52 Å². The van der Waals surface area contributed by atoms with E-state index in [1.54, 1.807) is 24.3 Å². The Morgan fingerprint density at radius 2 is 1.91 bits per heavy atom. The van der Waals surface area contributed by atoms with E-state index in [1.807, 2.05) is 0 Å². The van der Waals surface area contributed by atoms with Crippen molar-refractivity contribution in [2.75, 3.05) is 13.2 Å². The molecule has 3 aromatic rings.